The number of nitrogens with zero attached hydrogens (tertiary/aromatic N) is 1. The lowest BCUT2D eigenvalue weighted by molar-refractivity contribution is -0.202. The fourth-order valence-corrected chi connectivity index (χ4v) is 3.40. The Balaban J connectivity index is 1.43. The van der Waals surface area contributed by atoms with Crippen LogP contribution in [0.4, 0.5) is 0 Å². The van der Waals surface area contributed by atoms with E-state index in [-0.39, 0.29) is 24.0 Å². The zero-order valence-electron chi connectivity index (χ0n) is 14.1. The van der Waals surface area contributed by atoms with Crippen LogP contribution in [0.15, 0.2) is 28.7 Å². The van der Waals surface area contributed by atoms with Crippen LogP contribution in [-0.4, -0.2) is 42.7 Å². The van der Waals surface area contributed by atoms with Gasteiger partial charge in [0.2, 0.25) is 5.91 Å². The molecule has 0 saturated carbocycles. The maximum absolute atomic E-state index is 12.5. The zero-order chi connectivity index (χ0) is 17.6. The monoisotopic (exact) mass is 410 g/mol. The van der Waals surface area contributed by atoms with Crippen molar-refractivity contribution < 1.29 is 19.2 Å². The third kappa shape index (κ3) is 5.03. The first-order valence-electron chi connectivity index (χ1n) is 8.75. The molecule has 2 aliphatic rings. The molecule has 3 rings (SSSR count). The molecule has 136 valence electrons. The number of carbonyl (C=O) groups is 2. The van der Waals surface area contributed by atoms with Crippen LogP contribution in [0.5, 0.6) is 0 Å². The summed E-state index contributed by atoms with van der Waals surface area (Å²) in [6.45, 7) is 1.83. The largest absolute Gasteiger partial charge is 0.350 e. The van der Waals surface area contributed by atoms with Crippen molar-refractivity contribution in [3.63, 3.8) is 0 Å². The van der Waals surface area contributed by atoms with Crippen LogP contribution in [0.25, 0.3) is 0 Å². The summed E-state index contributed by atoms with van der Waals surface area (Å²) in [5.74, 6) is -0.235. The molecule has 2 heterocycles. The van der Waals surface area contributed by atoms with E-state index in [4.69, 9.17) is 9.57 Å². The summed E-state index contributed by atoms with van der Waals surface area (Å²) in [5, 5.41) is 0. The molecular weight excluding hydrogens is 388 g/mol. The molecule has 6 nitrogen and oxygen atoms in total. The number of benzene rings is 1. The summed E-state index contributed by atoms with van der Waals surface area (Å²) in [5.41, 5.74) is 3.20. The number of hydrogen-bond acceptors (Lipinski definition) is 4. The summed E-state index contributed by atoms with van der Waals surface area (Å²) in [6, 6.07) is 7.34. The number of piperidine rings is 1. The quantitative estimate of drug-likeness (QED) is 0.774. The molecule has 0 radical (unpaired) electrons. The predicted molar refractivity (Wildman–Crippen MR) is 95.6 cm³/mol. The first-order valence-corrected chi connectivity index (χ1v) is 9.55. The Labute approximate surface area is 155 Å². The van der Waals surface area contributed by atoms with Crippen molar-refractivity contribution in [2.45, 2.75) is 38.4 Å². The molecule has 0 aliphatic carbocycles. The molecule has 2 amide bonds. The predicted octanol–water partition coefficient (Wildman–Crippen LogP) is 2.88. The third-order valence-electron chi connectivity index (χ3n) is 4.67. The topological polar surface area (TPSA) is 67.9 Å². The number of likely N-dealkylation sites (tertiary alicyclic amines) is 1. The molecule has 0 spiro atoms. The number of nitrogens with one attached hydrogen (secondary N) is 1. The van der Waals surface area contributed by atoms with Gasteiger partial charge in [-0.3, -0.25) is 9.59 Å². The van der Waals surface area contributed by atoms with Gasteiger partial charge in [0, 0.05) is 42.1 Å². The van der Waals surface area contributed by atoms with Crippen molar-refractivity contribution >= 4 is 27.7 Å². The summed E-state index contributed by atoms with van der Waals surface area (Å²) in [7, 11) is 0. The van der Waals surface area contributed by atoms with Crippen molar-refractivity contribution in [1.82, 2.24) is 10.4 Å². The molecule has 25 heavy (non-hydrogen) atoms. The van der Waals surface area contributed by atoms with E-state index in [2.05, 4.69) is 21.4 Å². The Morgan fingerprint density at radius 2 is 1.84 bits per heavy atom. The maximum Gasteiger partial charge on any atom is 0.253 e. The van der Waals surface area contributed by atoms with Gasteiger partial charge in [0.1, 0.15) is 0 Å². The number of carbonyl (C=O) groups excluding carboxylic acids is 2. The fraction of sp³-hybridized carbons (Fsp3) is 0.556. The molecule has 2 saturated heterocycles. The van der Waals surface area contributed by atoms with Crippen LogP contribution in [0.3, 0.4) is 0 Å². The lowest BCUT2D eigenvalue weighted by atomic mass is 9.96. The molecule has 7 heteroatoms. The van der Waals surface area contributed by atoms with Crippen molar-refractivity contribution in [3.8, 4) is 0 Å². The van der Waals surface area contributed by atoms with E-state index < -0.39 is 0 Å². The molecule has 2 fully saturated rings. The number of hydroxylamine groups is 1. The van der Waals surface area contributed by atoms with Crippen LogP contribution in [0.2, 0.25) is 0 Å². The maximum atomic E-state index is 12.5. The van der Waals surface area contributed by atoms with Gasteiger partial charge in [0.05, 0.1) is 0 Å². The second-order valence-corrected chi connectivity index (χ2v) is 7.37. The molecule has 1 atom stereocenters. The highest BCUT2D eigenvalue weighted by Gasteiger charge is 2.28. The Bertz CT molecular complexity index is 594. The van der Waals surface area contributed by atoms with Gasteiger partial charge in [-0.15, -0.1) is 0 Å². The van der Waals surface area contributed by atoms with E-state index in [9.17, 15) is 9.59 Å². The molecule has 1 aromatic carbocycles. The molecule has 0 aromatic heterocycles. The second kappa shape index (κ2) is 8.78. The second-order valence-electron chi connectivity index (χ2n) is 6.45. The zero-order valence-corrected chi connectivity index (χ0v) is 15.7. The number of hydrogen-bond donors (Lipinski definition) is 1. The van der Waals surface area contributed by atoms with Gasteiger partial charge < -0.3 is 9.64 Å². The van der Waals surface area contributed by atoms with E-state index >= 15 is 0 Å². The average Bonchev–Trinajstić information content (AvgIpc) is 2.67. The SMILES string of the molecule is O=C(NO[C@H]1CCCCO1)C1CCN(C(=O)c2ccc(Br)cc2)CC1. The van der Waals surface area contributed by atoms with E-state index in [1.54, 1.807) is 4.90 Å². The van der Waals surface area contributed by atoms with Crippen LogP contribution in [-0.2, 0) is 14.4 Å². The summed E-state index contributed by atoms with van der Waals surface area (Å²) >= 11 is 3.37. The minimum Gasteiger partial charge on any atom is -0.350 e. The van der Waals surface area contributed by atoms with Gasteiger partial charge in [0.25, 0.3) is 5.91 Å². The fourth-order valence-electron chi connectivity index (χ4n) is 3.13. The molecule has 1 N–H and O–H groups in total. The third-order valence-corrected chi connectivity index (χ3v) is 5.20. The molecule has 2 aliphatic heterocycles. The van der Waals surface area contributed by atoms with Gasteiger partial charge in [-0.25, -0.2) is 10.3 Å². The van der Waals surface area contributed by atoms with Crippen molar-refractivity contribution in [3.05, 3.63) is 34.3 Å². The Morgan fingerprint density at radius 1 is 1.12 bits per heavy atom. The van der Waals surface area contributed by atoms with E-state index in [1.165, 1.54) is 0 Å². The van der Waals surface area contributed by atoms with Gasteiger partial charge >= 0.3 is 0 Å². The highest BCUT2D eigenvalue weighted by atomic mass is 79.9. The number of halogens is 1. The van der Waals surface area contributed by atoms with Crippen molar-refractivity contribution in [2.24, 2.45) is 5.92 Å². The number of rotatable bonds is 4. The lowest BCUT2D eigenvalue weighted by Gasteiger charge is -2.31. The molecule has 0 unspecified atom stereocenters. The highest BCUT2D eigenvalue weighted by molar-refractivity contribution is 9.10. The Hall–Kier alpha value is -1.44. The van der Waals surface area contributed by atoms with E-state index in [1.807, 2.05) is 24.3 Å². The smallest absolute Gasteiger partial charge is 0.253 e. The van der Waals surface area contributed by atoms with Crippen molar-refractivity contribution in [2.75, 3.05) is 19.7 Å². The molecule has 1 aromatic rings. The minimum absolute atomic E-state index is 0.0122. The summed E-state index contributed by atoms with van der Waals surface area (Å²) in [6.07, 6.45) is 3.85. The summed E-state index contributed by atoms with van der Waals surface area (Å²) in [4.78, 5) is 31.9. The van der Waals surface area contributed by atoms with Crippen LogP contribution < -0.4 is 5.48 Å². The molecular formula is C18H23BrN2O4. The first kappa shape index (κ1) is 18.4. The van der Waals surface area contributed by atoms with Gasteiger partial charge in [-0.2, -0.15) is 0 Å². The van der Waals surface area contributed by atoms with E-state index in [0.717, 1.165) is 23.7 Å². The van der Waals surface area contributed by atoms with Crippen LogP contribution in [0.1, 0.15) is 42.5 Å². The molecule has 0 bridgehead atoms. The highest BCUT2D eigenvalue weighted by Crippen LogP contribution is 2.21. The van der Waals surface area contributed by atoms with Gasteiger partial charge in [0.15, 0.2) is 6.29 Å². The minimum atomic E-state index is -0.336. The normalized spacial score (nSPS) is 21.8. The van der Waals surface area contributed by atoms with Crippen LogP contribution in [0, 0.1) is 5.92 Å². The van der Waals surface area contributed by atoms with Gasteiger partial charge in [-0.1, -0.05) is 15.9 Å². The Kier molecular flexibility index (Phi) is 6.45. The van der Waals surface area contributed by atoms with Crippen LogP contribution >= 0.6 is 15.9 Å². The van der Waals surface area contributed by atoms with Gasteiger partial charge in [-0.05, 0) is 49.9 Å². The first-order chi connectivity index (χ1) is 12.1. The number of amides is 2. The summed E-state index contributed by atoms with van der Waals surface area (Å²) < 4.78 is 6.37. The number of ether oxygens (including phenoxy) is 1. The van der Waals surface area contributed by atoms with E-state index in [0.29, 0.717) is 38.1 Å². The Morgan fingerprint density at radius 3 is 2.48 bits per heavy atom. The standard InChI is InChI=1S/C18H23BrN2O4/c19-15-6-4-14(5-7-15)18(23)21-10-8-13(9-11-21)17(22)20-25-16-3-1-2-12-24-16/h4-7,13,16H,1-3,8-12H2,(H,20,22)/t16-/m0/s1. The average molecular weight is 411 g/mol. The van der Waals surface area contributed by atoms with Crippen molar-refractivity contribution in [1.29, 1.82) is 0 Å². The lowest BCUT2D eigenvalue weighted by Crippen LogP contribution is -2.44.